The summed E-state index contributed by atoms with van der Waals surface area (Å²) in [6.45, 7) is 12.1. The van der Waals surface area contributed by atoms with E-state index >= 15 is 0 Å². The molecule has 246 valence electrons. The maximum absolute atomic E-state index is 14.1. The van der Waals surface area contributed by atoms with Crippen LogP contribution in [0.3, 0.4) is 0 Å². The Bertz CT molecular complexity index is 1520. The maximum atomic E-state index is 14.1. The van der Waals surface area contributed by atoms with Crippen molar-refractivity contribution in [3.8, 4) is 11.5 Å². The van der Waals surface area contributed by atoms with Crippen molar-refractivity contribution in [3.63, 3.8) is 0 Å². The van der Waals surface area contributed by atoms with Crippen LogP contribution in [0.4, 0.5) is 8.78 Å². The van der Waals surface area contributed by atoms with Crippen LogP contribution in [0.15, 0.2) is 87.5 Å². The zero-order valence-corrected chi connectivity index (χ0v) is 28.1. The normalized spacial score (nSPS) is 18.6. The molecule has 12 heteroatoms. The van der Waals surface area contributed by atoms with Crippen molar-refractivity contribution in [1.82, 2.24) is 0 Å². The van der Waals surface area contributed by atoms with E-state index < -0.39 is 44.4 Å². The Balaban J connectivity index is 1.65. The van der Waals surface area contributed by atoms with Crippen LogP contribution in [0.1, 0.15) is 47.1 Å². The van der Waals surface area contributed by atoms with Gasteiger partial charge in [0.25, 0.3) is 0 Å². The van der Waals surface area contributed by atoms with E-state index in [9.17, 15) is 17.2 Å². The van der Waals surface area contributed by atoms with Crippen molar-refractivity contribution in [2.24, 2.45) is 11.3 Å². The fraction of sp³-hybridized carbons (Fsp3) is 0.455. The minimum absolute atomic E-state index is 0.0268. The van der Waals surface area contributed by atoms with E-state index in [1.54, 1.807) is 19.2 Å². The Kier molecular flexibility index (Phi) is 10.6. The predicted octanol–water partition coefficient (Wildman–Crippen LogP) is 7.28. The predicted molar refractivity (Wildman–Crippen MR) is 167 cm³/mol. The first-order valence-electron chi connectivity index (χ1n) is 14.5. The van der Waals surface area contributed by atoms with Gasteiger partial charge in [-0.3, -0.25) is 4.55 Å². The van der Waals surface area contributed by atoms with Crippen molar-refractivity contribution in [3.05, 3.63) is 78.4 Å². The van der Waals surface area contributed by atoms with Gasteiger partial charge in [0.15, 0.2) is 26.6 Å². The van der Waals surface area contributed by atoms with Crippen LogP contribution < -0.4 is 9.47 Å². The monoisotopic (exact) mass is 667 g/mol. The number of methoxy groups -OCH3 is 1. The molecule has 1 heterocycles. The smallest absolute Gasteiger partial charge is 0.405 e. The highest BCUT2D eigenvalue weighted by atomic mass is 32.2. The number of rotatable bonds is 12. The second-order valence-electron chi connectivity index (χ2n) is 12.2. The lowest BCUT2D eigenvalue weighted by Crippen LogP contribution is -2.43. The summed E-state index contributed by atoms with van der Waals surface area (Å²) < 4.78 is 88.3. The first-order valence-corrected chi connectivity index (χ1v) is 17.2. The maximum Gasteiger partial charge on any atom is 0.405 e. The average Bonchev–Trinajstić information content (AvgIpc) is 2.99. The second-order valence-corrected chi connectivity index (χ2v) is 15.7. The fourth-order valence-corrected chi connectivity index (χ4v) is 7.11. The van der Waals surface area contributed by atoms with Gasteiger partial charge in [0.1, 0.15) is 11.5 Å². The number of halogens is 2. The van der Waals surface area contributed by atoms with Gasteiger partial charge in [-0.25, -0.2) is 0 Å². The van der Waals surface area contributed by atoms with Crippen molar-refractivity contribution < 1.29 is 45.4 Å². The molecule has 0 amide bonds. The van der Waals surface area contributed by atoms with Gasteiger partial charge < -0.3 is 23.7 Å². The Morgan fingerprint density at radius 1 is 0.800 bits per heavy atom. The fourth-order valence-electron chi connectivity index (χ4n) is 4.60. The molecule has 0 aromatic heterocycles. The molecule has 0 spiro atoms. The number of ether oxygens (including phenoxy) is 5. The summed E-state index contributed by atoms with van der Waals surface area (Å²) in [5, 5.41) is -4.48. The van der Waals surface area contributed by atoms with E-state index in [1.165, 1.54) is 12.1 Å². The van der Waals surface area contributed by atoms with Crippen LogP contribution >= 0.6 is 0 Å². The average molecular weight is 668 g/mol. The van der Waals surface area contributed by atoms with Crippen LogP contribution in [0.25, 0.3) is 0 Å². The van der Waals surface area contributed by atoms with Crippen molar-refractivity contribution >= 4 is 21.0 Å². The molecule has 0 radical (unpaired) electrons. The van der Waals surface area contributed by atoms with Gasteiger partial charge in [0.2, 0.25) is 6.29 Å². The number of alkyl halides is 2. The highest BCUT2D eigenvalue weighted by Crippen LogP contribution is 2.39. The molecule has 0 aliphatic carbocycles. The van der Waals surface area contributed by atoms with E-state index in [0.29, 0.717) is 19.0 Å². The molecule has 8 nitrogen and oxygen atoms in total. The summed E-state index contributed by atoms with van der Waals surface area (Å²) in [5.41, 5.74) is 0.807. The van der Waals surface area contributed by atoms with Gasteiger partial charge in [-0.15, -0.1) is 0 Å². The number of hydrogen-bond donors (Lipinski definition) is 1. The standard InChI is InChI=1S/C33H40F2O8S2/c1-22(2)30(39-7)43-26-12-18-29(19-13-26)44(27-14-8-24(9-15-27)32(6)40-20-31(4,5)21-41-32)28-16-10-25(11-17-28)42-23(3)33(34,35)45(36,37)38/h8-19,22-23,30H,20-21H2,1-7H3/p+1. The molecular weight excluding hydrogens is 626 g/mol. The first-order chi connectivity index (χ1) is 21.0. The van der Waals surface area contributed by atoms with Gasteiger partial charge in [-0.05, 0) is 86.6 Å². The molecule has 4 rings (SSSR count). The first kappa shape index (κ1) is 35.1. The third-order valence-electron chi connectivity index (χ3n) is 7.37. The van der Waals surface area contributed by atoms with Gasteiger partial charge in [0, 0.05) is 24.0 Å². The summed E-state index contributed by atoms with van der Waals surface area (Å²) in [4.78, 5) is 2.80. The lowest BCUT2D eigenvalue weighted by atomic mass is 9.94. The van der Waals surface area contributed by atoms with E-state index in [1.807, 2.05) is 69.3 Å². The van der Waals surface area contributed by atoms with Crippen LogP contribution in [0.5, 0.6) is 11.5 Å². The van der Waals surface area contributed by atoms with Crippen molar-refractivity contribution in [1.29, 1.82) is 0 Å². The molecule has 1 N–H and O–H groups in total. The van der Waals surface area contributed by atoms with Crippen LogP contribution in [-0.2, 0) is 41.0 Å². The highest BCUT2D eigenvalue weighted by Gasteiger charge is 2.51. The zero-order valence-electron chi connectivity index (χ0n) is 26.5. The minimum atomic E-state index is -5.65. The summed E-state index contributed by atoms with van der Waals surface area (Å²) in [5.74, 6) is -0.0504. The van der Waals surface area contributed by atoms with E-state index in [-0.39, 0.29) is 17.1 Å². The van der Waals surface area contributed by atoms with Crippen molar-refractivity contribution in [2.75, 3.05) is 20.3 Å². The molecule has 1 aliphatic rings. The summed E-state index contributed by atoms with van der Waals surface area (Å²) >= 11 is 0. The van der Waals surface area contributed by atoms with Gasteiger partial charge >= 0.3 is 15.4 Å². The summed E-state index contributed by atoms with van der Waals surface area (Å²) in [6.07, 6.45) is -2.52. The van der Waals surface area contributed by atoms with Crippen LogP contribution in [0.2, 0.25) is 0 Å². The topological polar surface area (TPSA) is 101 Å². The Hall–Kier alpha value is -2.74. The largest absolute Gasteiger partial charge is 0.483 e. The lowest BCUT2D eigenvalue weighted by molar-refractivity contribution is -0.298. The number of benzene rings is 3. The van der Waals surface area contributed by atoms with E-state index in [4.69, 9.17) is 28.2 Å². The quantitative estimate of drug-likeness (QED) is 0.122. The Morgan fingerprint density at radius 2 is 1.22 bits per heavy atom. The molecule has 1 fully saturated rings. The number of hydrogen-bond acceptors (Lipinski definition) is 7. The van der Waals surface area contributed by atoms with Gasteiger partial charge in [-0.1, -0.05) is 27.7 Å². The van der Waals surface area contributed by atoms with Crippen LogP contribution in [0, 0.1) is 11.3 Å². The molecule has 3 unspecified atom stereocenters. The Morgan fingerprint density at radius 3 is 1.62 bits per heavy atom. The summed E-state index contributed by atoms with van der Waals surface area (Å²) in [7, 11) is -4.69. The lowest BCUT2D eigenvalue weighted by Gasteiger charge is -2.41. The summed E-state index contributed by atoms with van der Waals surface area (Å²) in [6, 6.07) is 22.1. The van der Waals surface area contributed by atoms with Crippen LogP contribution in [-0.4, -0.2) is 50.9 Å². The second kappa shape index (κ2) is 13.5. The third kappa shape index (κ3) is 8.16. The third-order valence-corrected chi connectivity index (χ3v) is 10.6. The molecule has 0 bridgehead atoms. The molecule has 45 heavy (non-hydrogen) atoms. The molecule has 3 atom stereocenters. The molecule has 0 saturated carbocycles. The van der Waals surface area contributed by atoms with E-state index in [2.05, 4.69) is 13.8 Å². The molecule has 1 saturated heterocycles. The SMILES string of the molecule is COC(Oc1ccc([S+](c2ccc(OC(C)C(F)(F)S(=O)(=O)O)cc2)c2ccc(C3(C)OCC(C)(C)CO3)cc2)cc1)C(C)C. The van der Waals surface area contributed by atoms with Crippen molar-refractivity contribution in [2.45, 2.75) is 79.7 Å². The highest BCUT2D eigenvalue weighted by molar-refractivity contribution is 7.97. The zero-order chi connectivity index (χ0) is 33.2. The molecule has 3 aromatic carbocycles. The van der Waals surface area contributed by atoms with Gasteiger partial charge in [-0.2, -0.15) is 17.2 Å². The molecular formula is C33H41F2O8S2+. The Labute approximate surface area is 267 Å². The van der Waals surface area contributed by atoms with Gasteiger partial charge in [0.05, 0.1) is 24.1 Å². The van der Waals surface area contributed by atoms with E-state index in [0.717, 1.165) is 27.2 Å². The molecule has 1 aliphatic heterocycles. The minimum Gasteiger partial charge on any atom is -0.483 e. The molecule has 3 aromatic rings.